The second-order valence-corrected chi connectivity index (χ2v) is 6.28. The Bertz CT molecular complexity index is 774. The van der Waals surface area contributed by atoms with Crippen molar-refractivity contribution in [3.63, 3.8) is 0 Å². The number of nitriles is 1. The Balaban J connectivity index is 1.81. The van der Waals surface area contributed by atoms with Crippen LogP contribution >= 0.6 is 0 Å². The van der Waals surface area contributed by atoms with Crippen molar-refractivity contribution in [2.24, 2.45) is 0 Å². The summed E-state index contributed by atoms with van der Waals surface area (Å²) in [6, 6.07) is 10.3. The molecule has 2 heterocycles. The molecule has 0 saturated carbocycles. The highest BCUT2D eigenvalue weighted by Gasteiger charge is 2.13. The zero-order valence-corrected chi connectivity index (χ0v) is 13.9. The highest BCUT2D eigenvalue weighted by molar-refractivity contribution is 5.96. The lowest BCUT2D eigenvalue weighted by atomic mass is 10.1. The van der Waals surface area contributed by atoms with Gasteiger partial charge in [-0.3, -0.25) is 4.79 Å². The van der Waals surface area contributed by atoms with E-state index in [0.29, 0.717) is 13.0 Å². The van der Waals surface area contributed by atoms with Crippen LogP contribution in [0.25, 0.3) is 17.0 Å². The van der Waals surface area contributed by atoms with Gasteiger partial charge >= 0.3 is 0 Å². The van der Waals surface area contributed by atoms with E-state index in [1.807, 2.05) is 29.3 Å². The maximum absolute atomic E-state index is 12.4. The predicted octanol–water partition coefficient (Wildman–Crippen LogP) is 3.97. The van der Waals surface area contributed by atoms with Crippen LogP contribution in [-0.4, -0.2) is 28.5 Å². The number of rotatable bonds is 4. The van der Waals surface area contributed by atoms with Gasteiger partial charge in [0.1, 0.15) is 0 Å². The van der Waals surface area contributed by atoms with Crippen molar-refractivity contribution >= 4 is 22.9 Å². The molecular formula is C20H23N3O. The first kappa shape index (κ1) is 16.3. The van der Waals surface area contributed by atoms with Gasteiger partial charge in [0.05, 0.1) is 12.5 Å². The molecule has 1 aliphatic rings. The van der Waals surface area contributed by atoms with E-state index in [-0.39, 0.29) is 5.91 Å². The number of amides is 1. The van der Waals surface area contributed by atoms with Crippen LogP contribution in [0.5, 0.6) is 0 Å². The van der Waals surface area contributed by atoms with Crippen LogP contribution in [0.4, 0.5) is 0 Å². The van der Waals surface area contributed by atoms with Crippen molar-refractivity contribution < 1.29 is 4.79 Å². The number of hydrogen-bond acceptors (Lipinski definition) is 2. The monoisotopic (exact) mass is 321 g/mol. The Morgan fingerprint density at radius 2 is 1.92 bits per heavy atom. The van der Waals surface area contributed by atoms with Gasteiger partial charge in [0.25, 0.3) is 0 Å². The third-order valence-corrected chi connectivity index (χ3v) is 4.61. The molecule has 1 amide bonds. The molecule has 2 aromatic rings. The molecule has 4 heteroatoms. The molecule has 0 atom stereocenters. The number of fused-ring (bicyclic) bond motifs is 1. The Labute approximate surface area is 143 Å². The van der Waals surface area contributed by atoms with Crippen LogP contribution in [0, 0.1) is 11.3 Å². The number of para-hydroxylation sites is 1. The van der Waals surface area contributed by atoms with Crippen molar-refractivity contribution in [3.8, 4) is 6.07 Å². The molecule has 4 nitrogen and oxygen atoms in total. The molecule has 0 N–H and O–H groups in total. The maximum Gasteiger partial charge on any atom is 0.246 e. The van der Waals surface area contributed by atoms with E-state index < -0.39 is 0 Å². The summed E-state index contributed by atoms with van der Waals surface area (Å²) in [5.74, 6) is 0.103. The second kappa shape index (κ2) is 7.83. The Morgan fingerprint density at radius 3 is 2.67 bits per heavy atom. The van der Waals surface area contributed by atoms with Crippen molar-refractivity contribution in [3.05, 3.63) is 42.1 Å². The van der Waals surface area contributed by atoms with Crippen molar-refractivity contribution in [1.29, 1.82) is 5.26 Å². The lowest BCUT2D eigenvalue weighted by Gasteiger charge is -2.17. The molecule has 1 saturated heterocycles. The van der Waals surface area contributed by atoms with E-state index >= 15 is 0 Å². The summed E-state index contributed by atoms with van der Waals surface area (Å²) in [4.78, 5) is 14.4. The third kappa shape index (κ3) is 3.68. The van der Waals surface area contributed by atoms with Gasteiger partial charge in [-0.2, -0.15) is 5.26 Å². The van der Waals surface area contributed by atoms with Gasteiger partial charge in [0.2, 0.25) is 5.91 Å². The van der Waals surface area contributed by atoms with Gasteiger partial charge in [-0.25, -0.2) is 0 Å². The minimum absolute atomic E-state index is 0.103. The van der Waals surface area contributed by atoms with Crippen LogP contribution in [0.15, 0.2) is 36.5 Å². The number of aromatic nitrogens is 1. The fourth-order valence-electron chi connectivity index (χ4n) is 3.32. The summed E-state index contributed by atoms with van der Waals surface area (Å²) in [7, 11) is 0. The van der Waals surface area contributed by atoms with Crippen LogP contribution in [0.2, 0.25) is 0 Å². The van der Waals surface area contributed by atoms with Gasteiger partial charge in [0, 0.05) is 48.4 Å². The summed E-state index contributed by atoms with van der Waals surface area (Å²) < 4.78 is 2.09. The van der Waals surface area contributed by atoms with Gasteiger partial charge in [-0.15, -0.1) is 0 Å². The molecule has 3 rings (SSSR count). The molecule has 0 aliphatic carbocycles. The highest BCUT2D eigenvalue weighted by atomic mass is 16.2. The Hall–Kier alpha value is -2.54. The van der Waals surface area contributed by atoms with Crippen LogP contribution in [0.3, 0.4) is 0 Å². The largest absolute Gasteiger partial charge is 0.346 e. The molecule has 24 heavy (non-hydrogen) atoms. The number of hydrogen-bond donors (Lipinski definition) is 0. The van der Waals surface area contributed by atoms with Gasteiger partial charge < -0.3 is 9.47 Å². The quantitative estimate of drug-likeness (QED) is 0.800. The summed E-state index contributed by atoms with van der Waals surface area (Å²) in [6.07, 6.45) is 10.8. The average molecular weight is 321 g/mol. The highest BCUT2D eigenvalue weighted by Crippen LogP contribution is 2.23. The third-order valence-electron chi connectivity index (χ3n) is 4.61. The maximum atomic E-state index is 12.4. The zero-order valence-electron chi connectivity index (χ0n) is 13.9. The van der Waals surface area contributed by atoms with Crippen LogP contribution in [0.1, 0.15) is 37.7 Å². The van der Waals surface area contributed by atoms with Gasteiger partial charge in [-0.1, -0.05) is 31.0 Å². The van der Waals surface area contributed by atoms with Crippen molar-refractivity contribution in [1.82, 2.24) is 9.47 Å². The summed E-state index contributed by atoms with van der Waals surface area (Å²) in [5.41, 5.74) is 2.14. The van der Waals surface area contributed by atoms with E-state index in [0.717, 1.165) is 42.4 Å². The topological polar surface area (TPSA) is 49.0 Å². The molecule has 1 aromatic carbocycles. The molecule has 124 valence electrons. The van der Waals surface area contributed by atoms with E-state index in [2.05, 4.69) is 22.8 Å². The molecule has 0 radical (unpaired) electrons. The van der Waals surface area contributed by atoms with E-state index in [1.165, 1.54) is 12.8 Å². The number of benzene rings is 1. The molecule has 0 unspecified atom stereocenters. The predicted molar refractivity (Wildman–Crippen MR) is 96.3 cm³/mol. The van der Waals surface area contributed by atoms with E-state index in [9.17, 15) is 4.79 Å². The first-order chi connectivity index (χ1) is 11.8. The van der Waals surface area contributed by atoms with Crippen LogP contribution in [-0.2, 0) is 11.3 Å². The number of nitrogens with zero attached hydrogens (tertiary/aromatic N) is 3. The van der Waals surface area contributed by atoms with Crippen molar-refractivity contribution in [2.45, 2.75) is 38.6 Å². The summed E-state index contributed by atoms with van der Waals surface area (Å²) in [5, 5.41) is 9.94. The lowest BCUT2D eigenvalue weighted by molar-refractivity contribution is -0.125. The SMILES string of the molecule is N#CCCn1cc(/C=C/C(=O)N2CCCCCC2)c2ccccc21. The number of aryl methyl sites for hydroxylation is 1. The number of carbonyl (C=O) groups is 1. The second-order valence-electron chi connectivity index (χ2n) is 6.28. The lowest BCUT2D eigenvalue weighted by Crippen LogP contribution is -2.30. The first-order valence-corrected chi connectivity index (χ1v) is 8.71. The standard InChI is InChI=1S/C20H23N3O/c21-12-7-15-23-16-17(18-8-3-4-9-19(18)23)10-11-20(24)22-13-5-1-2-6-14-22/h3-4,8-11,16H,1-2,5-7,13-15H2/b11-10+. The normalized spacial score (nSPS) is 15.5. The Morgan fingerprint density at radius 1 is 1.17 bits per heavy atom. The molecule has 1 aliphatic heterocycles. The molecule has 1 aromatic heterocycles. The summed E-state index contributed by atoms with van der Waals surface area (Å²) in [6.45, 7) is 2.41. The molecule has 0 spiro atoms. The molecule has 0 bridgehead atoms. The summed E-state index contributed by atoms with van der Waals surface area (Å²) >= 11 is 0. The van der Waals surface area contributed by atoms with E-state index in [4.69, 9.17) is 5.26 Å². The molecular weight excluding hydrogens is 298 g/mol. The fraction of sp³-hybridized carbons (Fsp3) is 0.400. The first-order valence-electron chi connectivity index (χ1n) is 8.71. The number of carbonyl (C=O) groups excluding carboxylic acids is 1. The van der Waals surface area contributed by atoms with Crippen molar-refractivity contribution in [2.75, 3.05) is 13.1 Å². The Kier molecular flexibility index (Phi) is 5.32. The zero-order chi connectivity index (χ0) is 16.8. The minimum atomic E-state index is 0.103. The average Bonchev–Trinajstić information content (AvgIpc) is 2.77. The van der Waals surface area contributed by atoms with E-state index in [1.54, 1.807) is 6.08 Å². The fourth-order valence-corrected chi connectivity index (χ4v) is 3.32. The number of likely N-dealkylation sites (tertiary alicyclic amines) is 1. The van der Waals surface area contributed by atoms with Gasteiger partial charge in [0.15, 0.2) is 0 Å². The smallest absolute Gasteiger partial charge is 0.246 e. The molecule has 1 fully saturated rings. The minimum Gasteiger partial charge on any atom is -0.346 e. The van der Waals surface area contributed by atoms with Crippen LogP contribution < -0.4 is 0 Å². The van der Waals surface area contributed by atoms with Gasteiger partial charge in [-0.05, 0) is 25.0 Å².